The Labute approximate surface area is 121 Å². The SMILES string of the molecule is C/C=C(\C)C(=O)N(CCC(=O)O)Cc1cccc(F)c1F. The first-order valence-electron chi connectivity index (χ1n) is 6.43. The molecule has 0 heterocycles. The summed E-state index contributed by atoms with van der Waals surface area (Å²) < 4.78 is 26.8. The Morgan fingerprint density at radius 3 is 2.57 bits per heavy atom. The molecule has 0 spiro atoms. The summed E-state index contributed by atoms with van der Waals surface area (Å²) in [6.07, 6.45) is 1.32. The van der Waals surface area contributed by atoms with E-state index < -0.39 is 23.5 Å². The summed E-state index contributed by atoms with van der Waals surface area (Å²) in [5.74, 6) is -3.49. The maximum Gasteiger partial charge on any atom is 0.305 e. The molecule has 1 rings (SSSR count). The van der Waals surface area contributed by atoms with E-state index in [9.17, 15) is 18.4 Å². The second kappa shape index (κ2) is 7.52. The van der Waals surface area contributed by atoms with Crippen molar-refractivity contribution in [1.29, 1.82) is 0 Å². The van der Waals surface area contributed by atoms with Gasteiger partial charge in [-0.25, -0.2) is 8.78 Å². The van der Waals surface area contributed by atoms with Crippen molar-refractivity contribution in [2.24, 2.45) is 0 Å². The zero-order chi connectivity index (χ0) is 16.0. The number of aliphatic carboxylic acids is 1. The Bertz CT molecular complexity index is 570. The van der Waals surface area contributed by atoms with Crippen LogP contribution in [0.3, 0.4) is 0 Å². The quantitative estimate of drug-likeness (QED) is 0.821. The molecule has 0 atom stereocenters. The van der Waals surface area contributed by atoms with Gasteiger partial charge in [-0.2, -0.15) is 0 Å². The molecule has 0 saturated carbocycles. The Morgan fingerprint density at radius 2 is 2.00 bits per heavy atom. The van der Waals surface area contributed by atoms with Crippen LogP contribution in [-0.2, 0) is 16.1 Å². The van der Waals surface area contributed by atoms with Gasteiger partial charge in [-0.3, -0.25) is 9.59 Å². The van der Waals surface area contributed by atoms with E-state index >= 15 is 0 Å². The third-order valence-electron chi connectivity index (χ3n) is 3.05. The van der Waals surface area contributed by atoms with E-state index in [4.69, 9.17) is 5.11 Å². The summed E-state index contributed by atoms with van der Waals surface area (Å²) in [6, 6.07) is 3.69. The summed E-state index contributed by atoms with van der Waals surface area (Å²) in [7, 11) is 0. The summed E-state index contributed by atoms with van der Waals surface area (Å²) in [6.45, 7) is 3.00. The zero-order valence-electron chi connectivity index (χ0n) is 11.9. The van der Waals surface area contributed by atoms with Gasteiger partial charge in [-0.05, 0) is 19.9 Å². The molecule has 1 amide bonds. The number of carbonyl (C=O) groups is 2. The van der Waals surface area contributed by atoms with Crippen molar-refractivity contribution in [1.82, 2.24) is 4.90 Å². The molecule has 4 nitrogen and oxygen atoms in total. The summed E-state index contributed by atoms with van der Waals surface area (Å²) >= 11 is 0. The number of nitrogens with zero attached hydrogens (tertiary/aromatic N) is 1. The molecule has 0 radical (unpaired) electrons. The van der Waals surface area contributed by atoms with Gasteiger partial charge in [-0.1, -0.05) is 18.2 Å². The molecule has 6 heteroatoms. The Morgan fingerprint density at radius 1 is 1.33 bits per heavy atom. The number of amides is 1. The first-order chi connectivity index (χ1) is 9.86. The molecule has 1 aromatic rings. The predicted octanol–water partition coefficient (Wildman–Crippen LogP) is 2.73. The van der Waals surface area contributed by atoms with E-state index in [1.807, 2.05) is 0 Å². The van der Waals surface area contributed by atoms with Gasteiger partial charge in [0.2, 0.25) is 5.91 Å². The summed E-state index contributed by atoms with van der Waals surface area (Å²) in [5, 5.41) is 8.72. The minimum atomic E-state index is -1.06. The van der Waals surface area contributed by atoms with Gasteiger partial charge in [0.15, 0.2) is 11.6 Å². The fourth-order valence-corrected chi connectivity index (χ4v) is 1.73. The normalized spacial score (nSPS) is 11.3. The Kier molecular flexibility index (Phi) is 6.02. The number of rotatable bonds is 6. The number of carbonyl (C=O) groups excluding carboxylic acids is 1. The maximum atomic E-state index is 13.7. The molecule has 21 heavy (non-hydrogen) atoms. The number of benzene rings is 1. The van der Waals surface area contributed by atoms with Crippen molar-refractivity contribution in [3.05, 3.63) is 47.0 Å². The molecule has 1 N–H and O–H groups in total. The number of carboxylic acid groups (broad SMARTS) is 1. The van der Waals surface area contributed by atoms with E-state index in [0.29, 0.717) is 5.57 Å². The number of hydrogen-bond donors (Lipinski definition) is 1. The average molecular weight is 297 g/mol. The fourth-order valence-electron chi connectivity index (χ4n) is 1.73. The summed E-state index contributed by atoms with van der Waals surface area (Å²) in [4.78, 5) is 24.0. The molecule has 0 aliphatic carbocycles. The lowest BCUT2D eigenvalue weighted by atomic mass is 10.1. The lowest BCUT2D eigenvalue weighted by Crippen LogP contribution is -2.33. The van der Waals surface area contributed by atoms with Crippen LogP contribution in [0.1, 0.15) is 25.8 Å². The second-order valence-corrected chi connectivity index (χ2v) is 4.56. The zero-order valence-corrected chi connectivity index (χ0v) is 11.9. The van der Waals surface area contributed by atoms with Crippen LogP contribution in [0, 0.1) is 11.6 Å². The van der Waals surface area contributed by atoms with Gasteiger partial charge < -0.3 is 10.0 Å². The molecule has 0 aliphatic rings. The topological polar surface area (TPSA) is 57.6 Å². The van der Waals surface area contributed by atoms with Crippen LogP contribution in [0.2, 0.25) is 0 Å². The molecule has 0 saturated heterocycles. The van der Waals surface area contributed by atoms with Crippen LogP contribution < -0.4 is 0 Å². The molecule has 0 unspecified atom stereocenters. The highest BCUT2D eigenvalue weighted by molar-refractivity contribution is 5.92. The molecule has 0 bridgehead atoms. The first kappa shape index (κ1) is 16.8. The highest BCUT2D eigenvalue weighted by Crippen LogP contribution is 2.15. The van der Waals surface area contributed by atoms with Gasteiger partial charge >= 0.3 is 5.97 Å². The lowest BCUT2D eigenvalue weighted by molar-refractivity contribution is -0.138. The van der Waals surface area contributed by atoms with E-state index in [0.717, 1.165) is 6.07 Å². The fraction of sp³-hybridized carbons (Fsp3) is 0.333. The van der Waals surface area contributed by atoms with Gasteiger partial charge in [0.05, 0.1) is 6.42 Å². The highest BCUT2D eigenvalue weighted by Gasteiger charge is 2.19. The minimum absolute atomic E-state index is 0.0117. The standard InChI is InChI=1S/C15H17F2NO3/c1-3-10(2)15(21)18(8-7-13(19)20)9-11-5-4-6-12(16)14(11)17/h3-6H,7-9H2,1-2H3,(H,19,20)/b10-3+. The largest absolute Gasteiger partial charge is 0.481 e. The molecule has 0 aromatic heterocycles. The number of hydrogen-bond acceptors (Lipinski definition) is 2. The van der Waals surface area contributed by atoms with Crippen LogP contribution in [0.5, 0.6) is 0 Å². The molecule has 114 valence electrons. The molecule has 0 fully saturated rings. The van der Waals surface area contributed by atoms with Crippen LogP contribution in [0.15, 0.2) is 29.8 Å². The van der Waals surface area contributed by atoms with Crippen LogP contribution >= 0.6 is 0 Å². The number of carboxylic acids is 1. The third-order valence-corrected chi connectivity index (χ3v) is 3.05. The van der Waals surface area contributed by atoms with Gasteiger partial charge in [0, 0.05) is 24.2 Å². The predicted molar refractivity (Wildman–Crippen MR) is 73.5 cm³/mol. The van der Waals surface area contributed by atoms with Gasteiger partial charge in [-0.15, -0.1) is 0 Å². The smallest absolute Gasteiger partial charge is 0.305 e. The van der Waals surface area contributed by atoms with E-state index in [-0.39, 0.29) is 25.1 Å². The van der Waals surface area contributed by atoms with Crippen molar-refractivity contribution >= 4 is 11.9 Å². The molecule has 0 aliphatic heterocycles. The Hall–Kier alpha value is -2.24. The van der Waals surface area contributed by atoms with Gasteiger partial charge in [0.25, 0.3) is 0 Å². The second-order valence-electron chi connectivity index (χ2n) is 4.56. The summed E-state index contributed by atoms with van der Waals surface area (Å²) in [5.41, 5.74) is 0.426. The van der Waals surface area contributed by atoms with E-state index in [1.165, 1.54) is 17.0 Å². The van der Waals surface area contributed by atoms with Crippen LogP contribution in [-0.4, -0.2) is 28.4 Å². The minimum Gasteiger partial charge on any atom is -0.481 e. The number of halogens is 2. The van der Waals surface area contributed by atoms with Crippen molar-refractivity contribution < 1.29 is 23.5 Å². The molecular formula is C15H17F2NO3. The van der Waals surface area contributed by atoms with Crippen LogP contribution in [0.4, 0.5) is 8.78 Å². The van der Waals surface area contributed by atoms with Crippen molar-refractivity contribution in [3.8, 4) is 0 Å². The van der Waals surface area contributed by atoms with Crippen LogP contribution in [0.25, 0.3) is 0 Å². The van der Waals surface area contributed by atoms with Crippen molar-refractivity contribution in [2.45, 2.75) is 26.8 Å². The average Bonchev–Trinajstić information content (AvgIpc) is 2.45. The molecular weight excluding hydrogens is 280 g/mol. The van der Waals surface area contributed by atoms with Crippen molar-refractivity contribution in [2.75, 3.05) is 6.54 Å². The van der Waals surface area contributed by atoms with Gasteiger partial charge in [0.1, 0.15) is 0 Å². The van der Waals surface area contributed by atoms with Crippen molar-refractivity contribution in [3.63, 3.8) is 0 Å². The van der Waals surface area contributed by atoms with E-state index in [2.05, 4.69) is 0 Å². The monoisotopic (exact) mass is 297 g/mol. The maximum absolute atomic E-state index is 13.7. The number of allylic oxidation sites excluding steroid dienone is 1. The first-order valence-corrected chi connectivity index (χ1v) is 6.43. The lowest BCUT2D eigenvalue weighted by Gasteiger charge is -2.22. The highest BCUT2D eigenvalue weighted by atomic mass is 19.2. The van der Waals surface area contributed by atoms with E-state index in [1.54, 1.807) is 19.9 Å². The Balaban J connectivity index is 2.98. The molecule has 1 aromatic carbocycles. The third kappa shape index (κ3) is 4.66.